The lowest BCUT2D eigenvalue weighted by Gasteiger charge is -2.20. The summed E-state index contributed by atoms with van der Waals surface area (Å²) in [5.41, 5.74) is 0. The maximum absolute atomic E-state index is 11.4. The number of fused-ring (bicyclic) bond motifs is 1. The summed E-state index contributed by atoms with van der Waals surface area (Å²) < 4.78 is 25.0. The molecule has 0 spiro atoms. The lowest BCUT2D eigenvalue weighted by molar-refractivity contribution is 0.397. The highest BCUT2D eigenvalue weighted by Gasteiger charge is 2.28. The molecule has 1 fully saturated rings. The maximum Gasteiger partial charge on any atom is 0.151 e. The van der Waals surface area contributed by atoms with Gasteiger partial charge in [-0.3, -0.25) is 0 Å². The lowest BCUT2D eigenvalue weighted by atomic mass is 10.0. The Morgan fingerprint density at radius 2 is 2.21 bits per heavy atom. The van der Waals surface area contributed by atoms with E-state index in [-0.39, 0.29) is 11.8 Å². The Kier molecular flexibility index (Phi) is 3.34. The molecule has 3 heterocycles. The van der Waals surface area contributed by atoms with Crippen LogP contribution in [0, 0.1) is 5.92 Å². The highest BCUT2D eigenvalue weighted by molar-refractivity contribution is 7.91. The zero-order valence-electron chi connectivity index (χ0n) is 11.2. The van der Waals surface area contributed by atoms with Gasteiger partial charge in [-0.1, -0.05) is 6.92 Å². The Balaban J connectivity index is 1.62. The Hall–Kier alpha value is -0.950. The molecule has 2 unspecified atom stereocenters. The third kappa shape index (κ3) is 2.81. The average Bonchev–Trinajstić information content (AvgIpc) is 2.89. The van der Waals surface area contributed by atoms with Crippen LogP contribution in [0.1, 0.15) is 31.4 Å². The number of nitrogens with zero attached hydrogens (tertiary/aromatic N) is 3. The van der Waals surface area contributed by atoms with Gasteiger partial charge in [-0.05, 0) is 18.8 Å². The van der Waals surface area contributed by atoms with E-state index < -0.39 is 9.84 Å². The van der Waals surface area contributed by atoms with Gasteiger partial charge < -0.3 is 9.88 Å². The molecule has 1 saturated heterocycles. The van der Waals surface area contributed by atoms with Crippen molar-refractivity contribution < 1.29 is 8.42 Å². The number of rotatable bonds is 3. The molecule has 3 rings (SSSR count). The molecule has 0 aromatic carbocycles. The van der Waals surface area contributed by atoms with Gasteiger partial charge in [-0.25, -0.2) is 8.42 Å². The first-order valence-corrected chi connectivity index (χ1v) is 8.70. The van der Waals surface area contributed by atoms with Crippen LogP contribution < -0.4 is 5.32 Å². The van der Waals surface area contributed by atoms with E-state index >= 15 is 0 Å². The Morgan fingerprint density at radius 3 is 2.95 bits per heavy atom. The molecule has 2 aliphatic rings. The van der Waals surface area contributed by atoms with Crippen LogP contribution in [0.4, 0.5) is 0 Å². The second-order valence-corrected chi connectivity index (χ2v) is 7.99. The summed E-state index contributed by atoms with van der Waals surface area (Å²) in [6.07, 6.45) is 2.86. The first-order valence-electron chi connectivity index (χ1n) is 6.88. The van der Waals surface area contributed by atoms with E-state index in [9.17, 15) is 8.42 Å². The third-order valence-corrected chi connectivity index (χ3v) is 5.83. The zero-order valence-corrected chi connectivity index (χ0v) is 12.0. The first kappa shape index (κ1) is 13.1. The predicted molar refractivity (Wildman–Crippen MR) is 71.4 cm³/mol. The summed E-state index contributed by atoms with van der Waals surface area (Å²) in [5.74, 6) is 3.24. The van der Waals surface area contributed by atoms with Crippen molar-refractivity contribution in [1.29, 1.82) is 0 Å². The fourth-order valence-corrected chi connectivity index (χ4v) is 4.58. The number of hydrogen-bond donors (Lipinski definition) is 1. The molecule has 2 aliphatic heterocycles. The largest absolute Gasteiger partial charge is 0.314 e. The van der Waals surface area contributed by atoms with Crippen molar-refractivity contribution in [2.45, 2.75) is 45.3 Å². The molecule has 106 valence electrons. The molecule has 0 aliphatic carbocycles. The SMILES string of the molecule is CC1CCn2c(CNC3CCS(=O)(=O)C3)nnc2C1. The fraction of sp³-hybridized carbons (Fsp3) is 0.833. The molecule has 1 aromatic rings. The van der Waals surface area contributed by atoms with Gasteiger partial charge in [-0.2, -0.15) is 0 Å². The molecule has 7 heteroatoms. The van der Waals surface area contributed by atoms with Gasteiger partial charge in [0, 0.05) is 19.0 Å². The standard InChI is InChI=1S/C12H20N4O2S/c1-9-2-4-16-11(6-9)14-15-12(16)7-13-10-3-5-19(17,18)8-10/h9-10,13H,2-8H2,1H3. The fourth-order valence-electron chi connectivity index (χ4n) is 2.87. The van der Waals surface area contributed by atoms with Crippen molar-refractivity contribution in [2.75, 3.05) is 11.5 Å². The summed E-state index contributed by atoms with van der Waals surface area (Å²) in [6.45, 7) is 3.82. The molecule has 1 aromatic heterocycles. The first-order chi connectivity index (χ1) is 9.03. The Morgan fingerprint density at radius 1 is 1.37 bits per heavy atom. The summed E-state index contributed by atoms with van der Waals surface area (Å²) >= 11 is 0. The van der Waals surface area contributed by atoms with Crippen molar-refractivity contribution in [3.63, 3.8) is 0 Å². The van der Waals surface area contributed by atoms with Gasteiger partial charge in [-0.15, -0.1) is 10.2 Å². The third-order valence-electron chi connectivity index (χ3n) is 4.06. The molecule has 2 atom stereocenters. The molecule has 0 bridgehead atoms. The smallest absolute Gasteiger partial charge is 0.151 e. The van der Waals surface area contributed by atoms with Gasteiger partial charge in [0.1, 0.15) is 11.6 Å². The van der Waals surface area contributed by atoms with Crippen LogP contribution in [0.5, 0.6) is 0 Å². The summed E-state index contributed by atoms with van der Waals surface area (Å²) in [7, 11) is -2.82. The quantitative estimate of drug-likeness (QED) is 0.854. The minimum atomic E-state index is -2.82. The minimum absolute atomic E-state index is 0.0699. The van der Waals surface area contributed by atoms with E-state index in [1.807, 2.05) is 0 Å². The van der Waals surface area contributed by atoms with Crippen LogP contribution >= 0.6 is 0 Å². The lowest BCUT2D eigenvalue weighted by Crippen LogP contribution is -2.31. The number of hydrogen-bond acceptors (Lipinski definition) is 5. The van der Waals surface area contributed by atoms with Gasteiger partial charge in [0.2, 0.25) is 0 Å². The van der Waals surface area contributed by atoms with Crippen LogP contribution in [0.2, 0.25) is 0 Å². The van der Waals surface area contributed by atoms with Crippen molar-refractivity contribution in [3.05, 3.63) is 11.6 Å². The predicted octanol–water partition coefficient (Wildman–Crippen LogP) is 0.137. The summed E-state index contributed by atoms with van der Waals surface area (Å²) in [6, 6.07) is 0.0699. The van der Waals surface area contributed by atoms with E-state index in [1.54, 1.807) is 0 Å². The van der Waals surface area contributed by atoms with Gasteiger partial charge in [0.15, 0.2) is 9.84 Å². The van der Waals surface area contributed by atoms with Crippen LogP contribution in [0.25, 0.3) is 0 Å². The zero-order chi connectivity index (χ0) is 13.5. The van der Waals surface area contributed by atoms with E-state index in [0.29, 0.717) is 24.6 Å². The van der Waals surface area contributed by atoms with Crippen molar-refractivity contribution in [3.8, 4) is 0 Å². The number of aromatic nitrogens is 3. The van der Waals surface area contributed by atoms with Crippen LogP contribution in [0.15, 0.2) is 0 Å². The molecule has 0 amide bonds. The van der Waals surface area contributed by atoms with Gasteiger partial charge >= 0.3 is 0 Å². The second-order valence-electron chi connectivity index (χ2n) is 5.76. The second kappa shape index (κ2) is 4.86. The minimum Gasteiger partial charge on any atom is -0.314 e. The highest BCUT2D eigenvalue weighted by atomic mass is 32.2. The highest BCUT2D eigenvalue weighted by Crippen LogP contribution is 2.19. The number of nitrogens with one attached hydrogen (secondary N) is 1. The van der Waals surface area contributed by atoms with Gasteiger partial charge in [0.25, 0.3) is 0 Å². The average molecular weight is 284 g/mol. The van der Waals surface area contributed by atoms with Crippen LogP contribution in [0.3, 0.4) is 0 Å². The summed E-state index contributed by atoms with van der Waals surface area (Å²) in [4.78, 5) is 0. The normalized spacial score (nSPS) is 29.3. The Bertz CT molecular complexity index is 566. The van der Waals surface area contributed by atoms with E-state index in [0.717, 1.165) is 31.0 Å². The molecule has 0 saturated carbocycles. The Labute approximate surface area is 113 Å². The van der Waals surface area contributed by atoms with E-state index in [2.05, 4.69) is 27.0 Å². The molecular formula is C12H20N4O2S. The number of sulfone groups is 1. The molecular weight excluding hydrogens is 264 g/mol. The van der Waals surface area contributed by atoms with Gasteiger partial charge in [0.05, 0.1) is 18.1 Å². The maximum atomic E-state index is 11.4. The molecule has 0 radical (unpaired) electrons. The van der Waals surface area contributed by atoms with Crippen molar-refractivity contribution in [2.24, 2.45) is 5.92 Å². The van der Waals surface area contributed by atoms with E-state index in [4.69, 9.17) is 0 Å². The monoisotopic (exact) mass is 284 g/mol. The summed E-state index contributed by atoms with van der Waals surface area (Å²) in [5, 5.41) is 11.8. The van der Waals surface area contributed by atoms with Crippen molar-refractivity contribution in [1.82, 2.24) is 20.1 Å². The molecule has 6 nitrogen and oxygen atoms in total. The molecule has 1 N–H and O–H groups in total. The van der Waals surface area contributed by atoms with Crippen LogP contribution in [-0.4, -0.2) is 40.7 Å². The molecule has 19 heavy (non-hydrogen) atoms. The van der Waals surface area contributed by atoms with E-state index in [1.165, 1.54) is 0 Å². The van der Waals surface area contributed by atoms with Crippen LogP contribution in [-0.2, 0) is 29.3 Å². The topological polar surface area (TPSA) is 76.9 Å². The van der Waals surface area contributed by atoms with Crippen molar-refractivity contribution >= 4 is 9.84 Å².